The van der Waals surface area contributed by atoms with Crippen molar-refractivity contribution in [2.24, 2.45) is 0 Å². The fourth-order valence-electron chi connectivity index (χ4n) is 3.09. The molecule has 0 saturated carbocycles. The number of carbonyl (C=O) groups excluding carboxylic acids is 4. The molecule has 37 heavy (non-hydrogen) atoms. The first kappa shape index (κ1) is 29.2. The SMILES string of the molecule is CCOC(=O)CCNC(=O)C(CCC(=O)Nc1ccc(Oc2ccccc2)cc1)NC(=O)OC(C)(C)C. The number of anilines is 1. The van der Waals surface area contributed by atoms with Gasteiger partial charge in [-0.2, -0.15) is 0 Å². The Hall–Kier alpha value is -4.08. The second kappa shape index (κ2) is 14.5. The van der Waals surface area contributed by atoms with Crippen molar-refractivity contribution in [2.45, 2.75) is 58.6 Å². The summed E-state index contributed by atoms with van der Waals surface area (Å²) in [4.78, 5) is 48.9. The first-order chi connectivity index (χ1) is 17.6. The van der Waals surface area contributed by atoms with E-state index in [1.807, 2.05) is 30.3 Å². The zero-order chi connectivity index (χ0) is 27.3. The molecule has 0 aromatic heterocycles. The molecule has 3 amide bonds. The van der Waals surface area contributed by atoms with Gasteiger partial charge in [0.25, 0.3) is 0 Å². The number of nitrogens with one attached hydrogen (secondary N) is 3. The fraction of sp³-hybridized carbons (Fsp3) is 0.407. The minimum atomic E-state index is -1.04. The molecule has 200 valence electrons. The molecule has 0 fully saturated rings. The van der Waals surface area contributed by atoms with E-state index in [9.17, 15) is 19.2 Å². The lowest BCUT2D eigenvalue weighted by atomic mass is 10.1. The number of hydrogen-bond donors (Lipinski definition) is 3. The number of hydrogen-bond acceptors (Lipinski definition) is 7. The molecule has 1 atom stereocenters. The van der Waals surface area contributed by atoms with Crippen LogP contribution in [0.1, 0.15) is 47.0 Å². The third-order valence-electron chi connectivity index (χ3n) is 4.72. The molecule has 2 aromatic rings. The minimum Gasteiger partial charge on any atom is -0.466 e. The number of benzene rings is 2. The highest BCUT2D eigenvalue weighted by Gasteiger charge is 2.25. The van der Waals surface area contributed by atoms with Crippen molar-refractivity contribution in [3.05, 3.63) is 54.6 Å². The van der Waals surface area contributed by atoms with Gasteiger partial charge in [0, 0.05) is 18.7 Å². The Morgan fingerprint density at radius 3 is 2.16 bits per heavy atom. The van der Waals surface area contributed by atoms with Crippen LogP contribution in [0.2, 0.25) is 0 Å². The Bertz CT molecular complexity index is 1030. The van der Waals surface area contributed by atoms with Crippen LogP contribution < -0.4 is 20.7 Å². The summed E-state index contributed by atoms with van der Waals surface area (Å²) in [6.07, 6.45) is -0.824. The van der Waals surface area contributed by atoms with E-state index in [-0.39, 0.29) is 38.3 Å². The van der Waals surface area contributed by atoms with E-state index in [1.165, 1.54) is 0 Å². The van der Waals surface area contributed by atoms with Crippen LogP contribution in [0.3, 0.4) is 0 Å². The van der Waals surface area contributed by atoms with Crippen LogP contribution in [0.25, 0.3) is 0 Å². The molecule has 0 saturated heterocycles. The highest BCUT2D eigenvalue weighted by atomic mass is 16.6. The monoisotopic (exact) mass is 513 g/mol. The molecule has 2 aromatic carbocycles. The second-order valence-electron chi connectivity index (χ2n) is 9.07. The molecule has 0 heterocycles. The van der Waals surface area contributed by atoms with Crippen LogP contribution in [-0.2, 0) is 23.9 Å². The van der Waals surface area contributed by atoms with E-state index in [1.54, 1.807) is 52.0 Å². The molecule has 0 spiro atoms. The van der Waals surface area contributed by atoms with Gasteiger partial charge in [0.05, 0.1) is 13.0 Å². The Kier molecular flexibility index (Phi) is 11.4. The third kappa shape index (κ3) is 11.9. The van der Waals surface area contributed by atoms with Crippen molar-refractivity contribution in [3.63, 3.8) is 0 Å². The Labute approximate surface area is 217 Å². The number of alkyl carbamates (subject to hydrolysis) is 1. The average Bonchev–Trinajstić information content (AvgIpc) is 2.82. The summed E-state index contributed by atoms with van der Waals surface area (Å²) in [6.45, 7) is 7.07. The summed E-state index contributed by atoms with van der Waals surface area (Å²) in [6, 6.07) is 15.1. The highest BCUT2D eigenvalue weighted by molar-refractivity contribution is 5.92. The van der Waals surface area contributed by atoms with Crippen molar-refractivity contribution in [2.75, 3.05) is 18.5 Å². The minimum absolute atomic E-state index is 0.0107. The standard InChI is InChI=1S/C27H35N3O7/c1-5-35-24(32)17-18-28-25(33)22(30-26(34)37-27(2,3)4)15-16-23(31)29-19-11-13-21(14-12-19)36-20-9-7-6-8-10-20/h6-14,22H,5,15-18H2,1-4H3,(H,28,33)(H,29,31)(H,30,34). The molecule has 0 aliphatic rings. The summed E-state index contributed by atoms with van der Waals surface area (Å²) in [5, 5.41) is 7.84. The van der Waals surface area contributed by atoms with Crippen LogP contribution in [0, 0.1) is 0 Å². The molecule has 10 heteroatoms. The molecule has 0 radical (unpaired) electrons. The second-order valence-corrected chi connectivity index (χ2v) is 9.07. The maximum Gasteiger partial charge on any atom is 0.408 e. The smallest absolute Gasteiger partial charge is 0.408 e. The van der Waals surface area contributed by atoms with E-state index in [0.29, 0.717) is 17.2 Å². The lowest BCUT2D eigenvalue weighted by Gasteiger charge is -2.23. The lowest BCUT2D eigenvalue weighted by molar-refractivity contribution is -0.143. The number of rotatable bonds is 12. The normalized spacial score (nSPS) is 11.6. The molecule has 1 unspecified atom stereocenters. The molecule has 0 bridgehead atoms. The summed E-state index contributed by atoms with van der Waals surface area (Å²) in [7, 11) is 0. The molecule has 10 nitrogen and oxygen atoms in total. The number of ether oxygens (including phenoxy) is 3. The van der Waals surface area contributed by atoms with Crippen molar-refractivity contribution in [1.82, 2.24) is 10.6 Å². The molecule has 0 aliphatic heterocycles. The zero-order valence-electron chi connectivity index (χ0n) is 21.7. The van der Waals surface area contributed by atoms with Gasteiger partial charge in [-0.15, -0.1) is 0 Å². The van der Waals surface area contributed by atoms with Gasteiger partial charge in [0.1, 0.15) is 23.1 Å². The van der Waals surface area contributed by atoms with Crippen LogP contribution in [0.5, 0.6) is 11.5 Å². The number of para-hydroxylation sites is 1. The van der Waals surface area contributed by atoms with Crippen molar-refractivity contribution in [3.8, 4) is 11.5 Å². The highest BCUT2D eigenvalue weighted by Crippen LogP contribution is 2.22. The number of esters is 1. The van der Waals surface area contributed by atoms with Crippen LogP contribution >= 0.6 is 0 Å². The summed E-state index contributed by atoms with van der Waals surface area (Å²) < 4.78 is 15.8. The van der Waals surface area contributed by atoms with Gasteiger partial charge in [-0.3, -0.25) is 14.4 Å². The Morgan fingerprint density at radius 2 is 1.54 bits per heavy atom. The van der Waals surface area contributed by atoms with Crippen molar-refractivity contribution in [1.29, 1.82) is 0 Å². The van der Waals surface area contributed by atoms with Crippen molar-refractivity contribution < 1.29 is 33.4 Å². The van der Waals surface area contributed by atoms with Gasteiger partial charge in [-0.25, -0.2) is 4.79 Å². The van der Waals surface area contributed by atoms with E-state index < -0.39 is 29.6 Å². The lowest BCUT2D eigenvalue weighted by Crippen LogP contribution is -2.48. The predicted molar refractivity (Wildman–Crippen MR) is 138 cm³/mol. The van der Waals surface area contributed by atoms with E-state index in [4.69, 9.17) is 14.2 Å². The summed E-state index contributed by atoms with van der Waals surface area (Å²) in [5.41, 5.74) is -0.205. The fourth-order valence-corrected chi connectivity index (χ4v) is 3.09. The van der Waals surface area contributed by atoms with Gasteiger partial charge in [0.2, 0.25) is 11.8 Å². The van der Waals surface area contributed by atoms with Crippen molar-refractivity contribution >= 4 is 29.6 Å². The largest absolute Gasteiger partial charge is 0.466 e. The molecular weight excluding hydrogens is 478 g/mol. The first-order valence-electron chi connectivity index (χ1n) is 12.1. The molecular formula is C27H35N3O7. The number of amides is 3. The zero-order valence-corrected chi connectivity index (χ0v) is 21.7. The van der Waals surface area contributed by atoms with Gasteiger partial charge >= 0.3 is 12.1 Å². The van der Waals surface area contributed by atoms with Gasteiger partial charge in [-0.1, -0.05) is 18.2 Å². The first-order valence-corrected chi connectivity index (χ1v) is 12.1. The Morgan fingerprint density at radius 1 is 0.892 bits per heavy atom. The van der Waals surface area contributed by atoms with Gasteiger partial charge in [-0.05, 0) is 70.5 Å². The quantitative estimate of drug-likeness (QED) is 0.363. The van der Waals surface area contributed by atoms with E-state index in [0.717, 1.165) is 0 Å². The predicted octanol–water partition coefficient (Wildman–Crippen LogP) is 4.16. The van der Waals surface area contributed by atoms with E-state index in [2.05, 4.69) is 16.0 Å². The molecule has 0 aliphatic carbocycles. The average molecular weight is 514 g/mol. The van der Waals surface area contributed by atoms with Gasteiger partial charge in [0.15, 0.2) is 0 Å². The Balaban J connectivity index is 1.91. The van der Waals surface area contributed by atoms with E-state index >= 15 is 0 Å². The summed E-state index contributed by atoms with van der Waals surface area (Å²) >= 11 is 0. The number of carbonyl (C=O) groups is 4. The van der Waals surface area contributed by atoms with Gasteiger partial charge < -0.3 is 30.2 Å². The topological polar surface area (TPSA) is 132 Å². The van der Waals surface area contributed by atoms with Crippen LogP contribution in [-0.4, -0.2) is 48.7 Å². The maximum atomic E-state index is 12.7. The molecule has 2 rings (SSSR count). The van der Waals surface area contributed by atoms with Crippen LogP contribution in [0.4, 0.5) is 10.5 Å². The summed E-state index contributed by atoms with van der Waals surface area (Å²) in [5.74, 6) is -0.00918. The maximum absolute atomic E-state index is 12.7. The molecule has 3 N–H and O–H groups in total. The third-order valence-corrected chi connectivity index (χ3v) is 4.72. The van der Waals surface area contributed by atoms with Crippen LogP contribution in [0.15, 0.2) is 54.6 Å².